The number of amides is 1. The van der Waals surface area contributed by atoms with Gasteiger partial charge in [-0.3, -0.25) is 14.8 Å². The predicted molar refractivity (Wildman–Crippen MR) is 111 cm³/mol. The summed E-state index contributed by atoms with van der Waals surface area (Å²) in [5.41, 5.74) is 2.55. The van der Waals surface area contributed by atoms with Crippen molar-refractivity contribution in [3.8, 4) is 6.07 Å². The van der Waals surface area contributed by atoms with Crippen LogP contribution < -0.4 is 10.2 Å². The highest BCUT2D eigenvalue weighted by Gasteiger charge is 2.32. The lowest BCUT2D eigenvalue weighted by atomic mass is 10.1. The highest BCUT2D eigenvalue weighted by Crippen LogP contribution is 2.28. The van der Waals surface area contributed by atoms with Gasteiger partial charge in [-0.15, -0.1) is 0 Å². The molecular formula is C21H26N6O3. The number of benzene rings is 1. The van der Waals surface area contributed by atoms with Crippen molar-refractivity contribution in [2.24, 2.45) is 0 Å². The Kier molecular flexibility index (Phi) is 6.08. The fraction of sp³-hybridized carbons (Fsp3) is 0.524. The fourth-order valence-electron chi connectivity index (χ4n) is 4.00. The zero-order valence-electron chi connectivity index (χ0n) is 17.2. The van der Waals surface area contributed by atoms with Gasteiger partial charge in [0.1, 0.15) is 17.1 Å². The summed E-state index contributed by atoms with van der Waals surface area (Å²) in [4.78, 5) is 25.9. The SMILES string of the molecule is CC1CN(c2ccc(C#N)c3nccnc23)CC(C(=O)NCC2CN(C)CCO2)O1. The third-order valence-electron chi connectivity index (χ3n) is 5.46. The first-order valence-electron chi connectivity index (χ1n) is 10.2. The third kappa shape index (κ3) is 4.36. The van der Waals surface area contributed by atoms with Crippen molar-refractivity contribution in [1.29, 1.82) is 5.26 Å². The number of rotatable bonds is 4. The van der Waals surface area contributed by atoms with Crippen molar-refractivity contribution in [3.05, 3.63) is 30.1 Å². The molecule has 2 aliphatic rings. The zero-order valence-corrected chi connectivity index (χ0v) is 17.2. The maximum atomic E-state index is 12.8. The number of nitrogens with one attached hydrogen (secondary N) is 1. The molecule has 9 nitrogen and oxygen atoms in total. The van der Waals surface area contributed by atoms with Gasteiger partial charge in [-0.25, -0.2) is 0 Å². The molecule has 158 valence electrons. The van der Waals surface area contributed by atoms with Crippen molar-refractivity contribution in [2.75, 3.05) is 51.3 Å². The molecule has 3 atom stereocenters. The van der Waals surface area contributed by atoms with Crippen LogP contribution in [0.5, 0.6) is 0 Å². The van der Waals surface area contributed by atoms with Crippen LogP contribution >= 0.6 is 0 Å². The molecular weight excluding hydrogens is 384 g/mol. The topological polar surface area (TPSA) is 104 Å². The summed E-state index contributed by atoms with van der Waals surface area (Å²) < 4.78 is 11.6. The third-order valence-corrected chi connectivity index (χ3v) is 5.46. The van der Waals surface area contributed by atoms with Gasteiger partial charge in [0.05, 0.1) is 36.6 Å². The van der Waals surface area contributed by atoms with Crippen molar-refractivity contribution < 1.29 is 14.3 Å². The standard InChI is InChI=1S/C21H26N6O3/c1-14-11-27(17-4-3-15(9-22)19-20(17)24-6-5-23-19)13-18(30-14)21(28)25-10-16-12-26(2)7-8-29-16/h3-6,14,16,18H,7-8,10-13H2,1-2H3,(H,25,28). The van der Waals surface area contributed by atoms with Gasteiger partial charge >= 0.3 is 0 Å². The van der Waals surface area contributed by atoms with E-state index >= 15 is 0 Å². The number of likely N-dealkylation sites (N-methyl/N-ethyl adjacent to an activating group) is 1. The minimum Gasteiger partial charge on any atom is -0.374 e. The molecule has 1 N–H and O–H groups in total. The summed E-state index contributed by atoms with van der Waals surface area (Å²) >= 11 is 0. The second kappa shape index (κ2) is 8.92. The number of nitrogens with zero attached hydrogens (tertiary/aromatic N) is 5. The zero-order chi connectivity index (χ0) is 21.1. The van der Waals surface area contributed by atoms with Crippen LogP contribution in [0, 0.1) is 11.3 Å². The minimum absolute atomic E-state index is 0.0115. The van der Waals surface area contributed by atoms with Gasteiger partial charge in [-0.1, -0.05) is 0 Å². The molecule has 30 heavy (non-hydrogen) atoms. The van der Waals surface area contributed by atoms with Crippen molar-refractivity contribution >= 4 is 22.6 Å². The normalized spacial score (nSPS) is 25.1. The van der Waals surface area contributed by atoms with E-state index in [9.17, 15) is 10.1 Å². The van der Waals surface area contributed by atoms with Crippen LogP contribution in [0.25, 0.3) is 11.0 Å². The number of carbonyl (C=O) groups is 1. The number of anilines is 1. The first-order valence-corrected chi connectivity index (χ1v) is 10.2. The van der Waals surface area contributed by atoms with Gasteiger partial charge < -0.3 is 24.6 Å². The Morgan fingerprint density at radius 1 is 1.27 bits per heavy atom. The van der Waals surface area contributed by atoms with E-state index in [1.54, 1.807) is 18.5 Å². The summed E-state index contributed by atoms with van der Waals surface area (Å²) in [5, 5.41) is 12.3. The molecule has 2 saturated heterocycles. The lowest BCUT2D eigenvalue weighted by Crippen LogP contribution is -2.54. The van der Waals surface area contributed by atoms with Crippen molar-refractivity contribution in [1.82, 2.24) is 20.2 Å². The number of fused-ring (bicyclic) bond motifs is 1. The molecule has 2 fully saturated rings. The molecule has 1 amide bonds. The van der Waals surface area contributed by atoms with Crippen LogP contribution in [0.15, 0.2) is 24.5 Å². The van der Waals surface area contributed by atoms with E-state index in [4.69, 9.17) is 9.47 Å². The average molecular weight is 410 g/mol. The van der Waals surface area contributed by atoms with Crippen molar-refractivity contribution in [2.45, 2.75) is 25.2 Å². The van der Waals surface area contributed by atoms with E-state index in [0.717, 1.165) is 18.8 Å². The van der Waals surface area contributed by atoms with Crippen LogP contribution in [0.2, 0.25) is 0 Å². The number of hydrogen-bond donors (Lipinski definition) is 1. The first kappa shape index (κ1) is 20.5. The van der Waals surface area contributed by atoms with E-state index < -0.39 is 6.10 Å². The van der Waals surface area contributed by atoms with Gasteiger partial charge in [0, 0.05) is 38.6 Å². The maximum absolute atomic E-state index is 12.8. The maximum Gasteiger partial charge on any atom is 0.251 e. The second-order valence-electron chi connectivity index (χ2n) is 7.84. The molecule has 1 aromatic heterocycles. The quantitative estimate of drug-likeness (QED) is 0.779. The molecule has 0 saturated carbocycles. The van der Waals surface area contributed by atoms with E-state index in [0.29, 0.717) is 42.8 Å². The number of morpholine rings is 2. The van der Waals surface area contributed by atoms with E-state index in [2.05, 4.69) is 31.2 Å². The average Bonchev–Trinajstić information content (AvgIpc) is 2.76. The van der Waals surface area contributed by atoms with E-state index in [1.807, 2.05) is 20.0 Å². The minimum atomic E-state index is -0.600. The monoisotopic (exact) mass is 410 g/mol. The van der Waals surface area contributed by atoms with Crippen LogP contribution in [0.1, 0.15) is 12.5 Å². The molecule has 0 radical (unpaired) electrons. The Hall–Kier alpha value is -2.80. The van der Waals surface area contributed by atoms with Crippen LogP contribution in [0.4, 0.5) is 5.69 Å². The Morgan fingerprint density at radius 2 is 2.07 bits per heavy atom. The second-order valence-corrected chi connectivity index (χ2v) is 7.84. The highest BCUT2D eigenvalue weighted by molar-refractivity contribution is 5.92. The number of ether oxygens (including phenoxy) is 2. The van der Waals surface area contributed by atoms with E-state index in [1.165, 1.54) is 0 Å². The van der Waals surface area contributed by atoms with Gasteiger partial charge in [0.2, 0.25) is 0 Å². The molecule has 1 aromatic carbocycles. The van der Waals surface area contributed by atoms with Crippen molar-refractivity contribution in [3.63, 3.8) is 0 Å². The Morgan fingerprint density at radius 3 is 2.83 bits per heavy atom. The number of hydrogen-bond acceptors (Lipinski definition) is 8. The molecule has 4 rings (SSSR count). The fourth-order valence-corrected chi connectivity index (χ4v) is 4.00. The van der Waals surface area contributed by atoms with Crippen LogP contribution in [-0.2, 0) is 14.3 Å². The van der Waals surface area contributed by atoms with Gasteiger partial charge in [-0.2, -0.15) is 5.26 Å². The van der Waals surface area contributed by atoms with Gasteiger partial charge in [0.15, 0.2) is 6.10 Å². The highest BCUT2D eigenvalue weighted by atomic mass is 16.5. The Balaban J connectivity index is 1.48. The summed E-state index contributed by atoms with van der Waals surface area (Å²) in [6.45, 7) is 5.81. The number of carbonyl (C=O) groups excluding carboxylic acids is 1. The predicted octanol–water partition coefficient (Wildman–Crippen LogP) is 0.542. The summed E-state index contributed by atoms with van der Waals surface area (Å²) in [6.07, 6.45) is 2.45. The molecule has 0 bridgehead atoms. The van der Waals surface area contributed by atoms with Gasteiger partial charge in [0.25, 0.3) is 5.91 Å². The van der Waals surface area contributed by atoms with Gasteiger partial charge in [-0.05, 0) is 26.1 Å². The molecule has 3 unspecified atom stereocenters. The molecule has 2 aliphatic heterocycles. The molecule has 3 heterocycles. The lowest BCUT2D eigenvalue weighted by molar-refractivity contribution is -0.138. The molecule has 9 heteroatoms. The first-order chi connectivity index (χ1) is 14.5. The van der Waals surface area contributed by atoms with Crippen LogP contribution in [-0.4, -0.2) is 85.5 Å². The number of nitriles is 1. The summed E-state index contributed by atoms with van der Waals surface area (Å²) in [6, 6.07) is 5.78. The molecule has 0 aliphatic carbocycles. The van der Waals surface area contributed by atoms with E-state index in [-0.39, 0.29) is 18.1 Å². The summed E-state index contributed by atoms with van der Waals surface area (Å²) in [7, 11) is 2.05. The largest absolute Gasteiger partial charge is 0.374 e. The lowest BCUT2D eigenvalue weighted by Gasteiger charge is -2.38. The Labute approximate surface area is 175 Å². The smallest absolute Gasteiger partial charge is 0.251 e. The summed E-state index contributed by atoms with van der Waals surface area (Å²) in [5.74, 6) is -0.146. The molecule has 0 spiro atoms. The Bertz CT molecular complexity index is 961. The van der Waals surface area contributed by atoms with Crippen LogP contribution in [0.3, 0.4) is 0 Å². The molecule has 2 aromatic rings. The number of aromatic nitrogens is 2.